The molecule has 0 aliphatic carbocycles. The normalized spacial score (nSPS) is 10.8. The van der Waals surface area contributed by atoms with Gasteiger partial charge in [0.15, 0.2) is 0 Å². The molecule has 0 radical (unpaired) electrons. The minimum Gasteiger partial charge on any atom is -0.493 e. The Hall–Kier alpha value is -2.36. The lowest BCUT2D eigenvalue weighted by Gasteiger charge is -2.08. The van der Waals surface area contributed by atoms with Gasteiger partial charge in [-0.05, 0) is 30.7 Å². The Morgan fingerprint density at radius 2 is 1.85 bits per heavy atom. The molecule has 0 bridgehead atoms. The SMILES string of the molecule is Cc1ccccc1OCCCn1nnc2ccccc21. The van der Waals surface area contributed by atoms with Crippen LogP contribution in [0.2, 0.25) is 0 Å². The van der Waals surface area contributed by atoms with Gasteiger partial charge in [-0.1, -0.05) is 35.5 Å². The summed E-state index contributed by atoms with van der Waals surface area (Å²) in [4.78, 5) is 0. The second kappa shape index (κ2) is 5.74. The summed E-state index contributed by atoms with van der Waals surface area (Å²) >= 11 is 0. The van der Waals surface area contributed by atoms with E-state index in [1.807, 2.05) is 47.1 Å². The van der Waals surface area contributed by atoms with E-state index in [0.29, 0.717) is 6.61 Å². The summed E-state index contributed by atoms with van der Waals surface area (Å²) in [5, 5.41) is 8.31. The van der Waals surface area contributed by atoms with Crippen LogP contribution in [0.5, 0.6) is 5.75 Å². The molecule has 20 heavy (non-hydrogen) atoms. The Kier molecular flexibility index (Phi) is 3.63. The Labute approximate surface area is 118 Å². The van der Waals surface area contributed by atoms with Crippen LogP contribution in [0.15, 0.2) is 48.5 Å². The molecule has 3 aromatic rings. The molecular weight excluding hydrogens is 250 g/mol. The van der Waals surface area contributed by atoms with Crippen molar-refractivity contribution in [2.45, 2.75) is 19.9 Å². The number of hydrogen-bond donors (Lipinski definition) is 0. The highest BCUT2D eigenvalue weighted by molar-refractivity contribution is 5.73. The highest BCUT2D eigenvalue weighted by Gasteiger charge is 2.03. The fourth-order valence-corrected chi connectivity index (χ4v) is 2.20. The molecule has 0 N–H and O–H groups in total. The summed E-state index contributed by atoms with van der Waals surface area (Å²) < 4.78 is 7.71. The van der Waals surface area contributed by atoms with Crippen molar-refractivity contribution in [1.82, 2.24) is 15.0 Å². The third-order valence-corrected chi connectivity index (χ3v) is 3.29. The second-order valence-corrected chi connectivity index (χ2v) is 4.77. The molecule has 4 heteroatoms. The highest BCUT2D eigenvalue weighted by Crippen LogP contribution is 2.16. The third kappa shape index (κ3) is 2.64. The maximum atomic E-state index is 5.79. The summed E-state index contributed by atoms with van der Waals surface area (Å²) in [5.74, 6) is 0.955. The summed E-state index contributed by atoms with van der Waals surface area (Å²) in [6.07, 6.45) is 0.904. The van der Waals surface area contributed by atoms with Crippen LogP contribution in [0.3, 0.4) is 0 Å². The number of rotatable bonds is 5. The first-order valence-electron chi connectivity index (χ1n) is 6.81. The van der Waals surface area contributed by atoms with Crippen LogP contribution >= 0.6 is 0 Å². The topological polar surface area (TPSA) is 39.9 Å². The fraction of sp³-hybridized carbons (Fsp3) is 0.250. The minimum atomic E-state index is 0.680. The lowest BCUT2D eigenvalue weighted by Crippen LogP contribution is -2.06. The molecule has 102 valence electrons. The Morgan fingerprint density at radius 1 is 1.05 bits per heavy atom. The van der Waals surface area contributed by atoms with Crippen molar-refractivity contribution in [3.05, 3.63) is 54.1 Å². The zero-order valence-corrected chi connectivity index (χ0v) is 11.5. The first-order valence-corrected chi connectivity index (χ1v) is 6.81. The smallest absolute Gasteiger partial charge is 0.122 e. The van der Waals surface area contributed by atoms with Gasteiger partial charge in [0.05, 0.1) is 12.1 Å². The molecule has 1 heterocycles. The van der Waals surface area contributed by atoms with Gasteiger partial charge in [0.1, 0.15) is 11.3 Å². The lowest BCUT2D eigenvalue weighted by molar-refractivity contribution is 0.297. The molecule has 4 nitrogen and oxygen atoms in total. The molecule has 0 aliphatic rings. The van der Waals surface area contributed by atoms with E-state index in [2.05, 4.69) is 23.3 Å². The molecule has 0 aliphatic heterocycles. The van der Waals surface area contributed by atoms with Crippen LogP contribution in [-0.2, 0) is 6.54 Å². The Balaban J connectivity index is 1.57. The molecule has 0 atom stereocenters. The van der Waals surface area contributed by atoms with E-state index < -0.39 is 0 Å². The summed E-state index contributed by atoms with van der Waals surface area (Å²) in [5.41, 5.74) is 3.18. The predicted octanol–water partition coefficient (Wildman–Crippen LogP) is 3.21. The number of aryl methyl sites for hydroxylation is 2. The van der Waals surface area contributed by atoms with Gasteiger partial charge in [0.2, 0.25) is 0 Å². The van der Waals surface area contributed by atoms with Gasteiger partial charge < -0.3 is 4.74 Å². The Morgan fingerprint density at radius 3 is 2.75 bits per heavy atom. The number of ether oxygens (including phenoxy) is 1. The molecule has 0 spiro atoms. The summed E-state index contributed by atoms with van der Waals surface area (Å²) in [7, 11) is 0. The highest BCUT2D eigenvalue weighted by atomic mass is 16.5. The molecule has 0 saturated carbocycles. The lowest BCUT2D eigenvalue weighted by atomic mass is 10.2. The van der Waals surface area contributed by atoms with Gasteiger partial charge in [-0.2, -0.15) is 0 Å². The van der Waals surface area contributed by atoms with Crippen LogP contribution in [-0.4, -0.2) is 21.6 Å². The third-order valence-electron chi connectivity index (χ3n) is 3.29. The van der Waals surface area contributed by atoms with Gasteiger partial charge in [0.25, 0.3) is 0 Å². The van der Waals surface area contributed by atoms with E-state index in [9.17, 15) is 0 Å². The van der Waals surface area contributed by atoms with Crippen LogP contribution in [0.4, 0.5) is 0 Å². The standard InChI is InChI=1S/C16H17N3O/c1-13-7-2-5-10-16(13)20-12-6-11-19-15-9-4-3-8-14(15)17-18-19/h2-5,7-10H,6,11-12H2,1H3. The Bertz CT molecular complexity index is 706. The molecule has 0 fully saturated rings. The van der Waals surface area contributed by atoms with Crippen molar-refractivity contribution in [2.75, 3.05) is 6.61 Å². The maximum absolute atomic E-state index is 5.79. The van der Waals surface area contributed by atoms with E-state index in [-0.39, 0.29) is 0 Å². The average molecular weight is 267 g/mol. The van der Waals surface area contributed by atoms with Crippen molar-refractivity contribution in [3.8, 4) is 5.75 Å². The van der Waals surface area contributed by atoms with Crippen molar-refractivity contribution in [2.24, 2.45) is 0 Å². The van der Waals surface area contributed by atoms with Crippen molar-refractivity contribution in [1.29, 1.82) is 0 Å². The average Bonchev–Trinajstić information content (AvgIpc) is 2.89. The molecule has 0 amide bonds. The zero-order chi connectivity index (χ0) is 13.8. The number of nitrogens with zero attached hydrogens (tertiary/aromatic N) is 3. The van der Waals surface area contributed by atoms with Crippen LogP contribution in [0.25, 0.3) is 11.0 Å². The van der Waals surface area contributed by atoms with E-state index in [1.165, 1.54) is 5.56 Å². The van der Waals surface area contributed by atoms with Crippen molar-refractivity contribution in [3.63, 3.8) is 0 Å². The van der Waals surface area contributed by atoms with Crippen LogP contribution in [0, 0.1) is 6.92 Å². The maximum Gasteiger partial charge on any atom is 0.122 e. The van der Waals surface area contributed by atoms with Crippen molar-refractivity contribution < 1.29 is 4.74 Å². The molecule has 0 saturated heterocycles. The van der Waals surface area contributed by atoms with E-state index >= 15 is 0 Å². The molecule has 3 rings (SSSR count). The van der Waals surface area contributed by atoms with Gasteiger partial charge in [-0.15, -0.1) is 5.10 Å². The monoisotopic (exact) mass is 267 g/mol. The number of hydrogen-bond acceptors (Lipinski definition) is 3. The van der Waals surface area contributed by atoms with Gasteiger partial charge in [0, 0.05) is 13.0 Å². The number of benzene rings is 2. The summed E-state index contributed by atoms with van der Waals surface area (Å²) in [6.45, 7) is 3.55. The largest absolute Gasteiger partial charge is 0.493 e. The second-order valence-electron chi connectivity index (χ2n) is 4.77. The van der Waals surface area contributed by atoms with E-state index in [4.69, 9.17) is 4.74 Å². The number of fused-ring (bicyclic) bond motifs is 1. The van der Waals surface area contributed by atoms with Gasteiger partial charge in [-0.3, -0.25) is 0 Å². The first kappa shape index (κ1) is 12.7. The quantitative estimate of drug-likeness (QED) is 0.666. The minimum absolute atomic E-state index is 0.680. The number of aromatic nitrogens is 3. The van der Waals surface area contributed by atoms with E-state index in [0.717, 1.165) is 29.7 Å². The molecule has 1 aromatic heterocycles. The van der Waals surface area contributed by atoms with Crippen LogP contribution < -0.4 is 4.74 Å². The molecule has 0 unspecified atom stereocenters. The van der Waals surface area contributed by atoms with Gasteiger partial charge in [-0.25, -0.2) is 4.68 Å². The fourth-order valence-electron chi connectivity index (χ4n) is 2.20. The van der Waals surface area contributed by atoms with Crippen molar-refractivity contribution >= 4 is 11.0 Å². The van der Waals surface area contributed by atoms with Crippen LogP contribution in [0.1, 0.15) is 12.0 Å². The molecule has 2 aromatic carbocycles. The van der Waals surface area contributed by atoms with E-state index in [1.54, 1.807) is 0 Å². The predicted molar refractivity (Wildman–Crippen MR) is 78.8 cm³/mol. The summed E-state index contributed by atoms with van der Waals surface area (Å²) in [6, 6.07) is 16.1. The first-order chi connectivity index (χ1) is 9.84. The van der Waals surface area contributed by atoms with Gasteiger partial charge >= 0.3 is 0 Å². The zero-order valence-electron chi connectivity index (χ0n) is 11.5. The number of para-hydroxylation sites is 2. The molecular formula is C16H17N3O.